The van der Waals surface area contributed by atoms with E-state index >= 15 is 0 Å². The number of nitrogens with one attached hydrogen (secondary N) is 2. The van der Waals surface area contributed by atoms with Gasteiger partial charge in [-0.3, -0.25) is 9.59 Å². The van der Waals surface area contributed by atoms with Gasteiger partial charge in [0.1, 0.15) is 5.82 Å². The van der Waals surface area contributed by atoms with E-state index in [0.717, 1.165) is 15.7 Å². The van der Waals surface area contributed by atoms with Crippen LogP contribution in [-0.4, -0.2) is 16.8 Å². The number of fused-ring (bicyclic) bond motifs is 1. The Morgan fingerprint density at radius 1 is 1.30 bits per heavy atom. The first-order valence-corrected chi connectivity index (χ1v) is 6.77. The van der Waals surface area contributed by atoms with Gasteiger partial charge in [-0.15, -0.1) is 0 Å². The number of halogens is 1. The van der Waals surface area contributed by atoms with E-state index in [-0.39, 0.29) is 11.8 Å². The maximum absolute atomic E-state index is 12.1. The smallest absolute Gasteiger partial charge is 0.256 e. The van der Waals surface area contributed by atoms with Crippen LogP contribution in [-0.2, 0) is 11.2 Å². The van der Waals surface area contributed by atoms with Gasteiger partial charge < -0.3 is 10.6 Å². The number of amides is 2. The van der Waals surface area contributed by atoms with Crippen molar-refractivity contribution >= 4 is 39.2 Å². The molecule has 0 saturated carbocycles. The van der Waals surface area contributed by atoms with Crippen LogP contribution in [0.25, 0.3) is 0 Å². The monoisotopic (exact) mass is 331 g/mol. The second kappa shape index (κ2) is 5.05. The first-order chi connectivity index (χ1) is 9.61. The minimum Gasteiger partial charge on any atom is -0.326 e. The summed E-state index contributed by atoms with van der Waals surface area (Å²) in [7, 11) is 0. The second-order valence-electron chi connectivity index (χ2n) is 4.41. The molecule has 100 valence electrons. The summed E-state index contributed by atoms with van der Waals surface area (Å²) in [5.41, 5.74) is 2.11. The zero-order valence-electron chi connectivity index (χ0n) is 10.3. The molecule has 0 saturated heterocycles. The molecule has 1 aromatic carbocycles. The molecule has 20 heavy (non-hydrogen) atoms. The van der Waals surface area contributed by atoms with Gasteiger partial charge >= 0.3 is 0 Å². The normalized spacial score (nSPS) is 12.8. The van der Waals surface area contributed by atoms with Crippen LogP contribution in [0.2, 0.25) is 0 Å². The van der Waals surface area contributed by atoms with Crippen LogP contribution in [0.5, 0.6) is 0 Å². The highest BCUT2D eigenvalue weighted by Gasteiger charge is 2.19. The van der Waals surface area contributed by atoms with Crippen molar-refractivity contribution in [2.45, 2.75) is 6.42 Å². The number of pyridine rings is 1. The van der Waals surface area contributed by atoms with E-state index in [1.807, 2.05) is 0 Å². The number of carbonyl (C=O) groups excluding carboxylic acids is 2. The highest BCUT2D eigenvalue weighted by molar-refractivity contribution is 9.10. The number of benzene rings is 1. The molecule has 2 N–H and O–H groups in total. The lowest BCUT2D eigenvalue weighted by atomic mass is 10.1. The molecule has 0 radical (unpaired) electrons. The van der Waals surface area contributed by atoms with Crippen molar-refractivity contribution in [2.24, 2.45) is 0 Å². The van der Waals surface area contributed by atoms with E-state index in [9.17, 15) is 9.59 Å². The number of anilines is 2. The fourth-order valence-electron chi connectivity index (χ4n) is 2.03. The Labute approximate surface area is 123 Å². The van der Waals surface area contributed by atoms with Gasteiger partial charge in [-0.05, 0) is 35.9 Å². The van der Waals surface area contributed by atoms with Crippen LogP contribution in [0.3, 0.4) is 0 Å². The highest BCUT2D eigenvalue weighted by atomic mass is 79.9. The van der Waals surface area contributed by atoms with Gasteiger partial charge in [0, 0.05) is 21.9 Å². The minimum atomic E-state index is -0.252. The molecule has 1 aromatic heterocycles. The highest BCUT2D eigenvalue weighted by Crippen LogP contribution is 2.24. The zero-order valence-corrected chi connectivity index (χ0v) is 11.9. The molecule has 0 unspecified atom stereocenters. The summed E-state index contributed by atoms with van der Waals surface area (Å²) in [5.74, 6) is 0.169. The lowest BCUT2D eigenvalue weighted by Crippen LogP contribution is -2.13. The molecule has 0 atom stereocenters. The Bertz CT molecular complexity index is 715. The Morgan fingerprint density at radius 2 is 2.15 bits per heavy atom. The first-order valence-electron chi connectivity index (χ1n) is 5.97. The first kappa shape index (κ1) is 12.8. The van der Waals surface area contributed by atoms with E-state index < -0.39 is 0 Å². The minimum absolute atomic E-state index is 0.0498. The van der Waals surface area contributed by atoms with E-state index in [1.54, 1.807) is 36.5 Å². The fraction of sp³-hybridized carbons (Fsp3) is 0.0714. The van der Waals surface area contributed by atoms with Gasteiger partial charge in [-0.2, -0.15) is 0 Å². The number of aromatic nitrogens is 1. The molecule has 6 heteroatoms. The SMILES string of the molecule is O=C1Cc2cc(C(=O)Nc3cc(Br)ccn3)ccc2N1. The Hall–Kier alpha value is -2.21. The Morgan fingerprint density at radius 3 is 2.95 bits per heavy atom. The molecule has 0 aliphatic carbocycles. The van der Waals surface area contributed by atoms with Gasteiger partial charge in [0.2, 0.25) is 5.91 Å². The maximum Gasteiger partial charge on any atom is 0.256 e. The van der Waals surface area contributed by atoms with Crippen LogP contribution in [0, 0.1) is 0 Å². The molecule has 3 rings (SSSR count). The van der Waals surface area contributed by atoms with Crippen molar-refractivity contribution in [1.82, 2.24) is 4.98 Å². The molecule has 0 spiro atoms. The third-order valence-corrected chi connectivity index (χ3v) is 3.45. The largest absolute Gasteiger partial charge is 0.326 e. The molecule has 0 bridgehead atoms. The van der Waals surface area contributed by atoms with Gasteiger partial charge in [0.05, 0.1) is 6.42 Å². The summed E-state index contributed by atoms with van der Waals surface area (Å²) in [6.45, 7) is 0. The standard InChI is InChI=1S/C14H10BrN3O2/c15-10-3-4-16-12(7-10)18-14(20)8-1-2-11-9(5-8)6-13(19)17-11/h1-5,7H,6H2,(H,17,19)(H,16,18,20). The van der Waals surface area contributed by atoms with Crippen molar-refractivity contribution in [1.29, 1.82) is 0 Å². The van der Waals surface area contributed by atoms with Crippen molar-refractivity contribution in [2.75, 3.05) is 10.6 Å². The summed E-state index contributed by atoms with van der Waals surface area (Å²) in [4.78, 5) is 27.5. The maximum atomic E-state index is 12.1. The summed E-state index contributed by atoms with van der Waals surface area (Å²) in [6.07, 6.45) is 1.91. The Balaban J connectivity index is 1.81. The average molecular weight is 332 g/mol. The molecule has 5 nitrogen and oxygen atoms in total. The van der Waals surface area contributed by atoms with Crippen LogP contribution in [0.1, 0.15) is 15.9 Å². The van der Waals surface area contributed by atoms with Gasteiger partial charge in [0.25, 0.3) is 5.91 Å². The average Bonchev–Trinajstić information content (AvgIpc) is 2.77. The predicted octanol–water partition coefficient (Wildman–Crippen LogP) is 2.59. The summed E-state index contributed by atoms with van der Waals surface area (Å²) in [6, 6.07) is 8.64. The van der Waals surface area contributed by atoms with E-state index in [1.165, 1.54) is 0 Å². The van der Waals surface area contributed by atoms with Crippen LogP contribution in [0.4, 0.5) is 11.5 Å². The summed E-state index contributed by atoms with van der Waals surface area (Å²) in [5, 5.41) is 5.45. The third-order valence-electron chi connectivity index (χ3n) is 2.96. The van der Waals surface area contributed by atoms with Gasteiger partial charge in [0.15, 0.2) is 0 Å². The number of nitrogens with zero attached hydrogens (tertiary/aromatic N) is 1. The second-order valence-corrected chi connectivity index (χ2v) is 5.33. The number of hydrogen-bond acceptors (Lipinski definition) is 3. The summed E-state index contributed by atoms with van der Waals surface area (Å²) >= 11 is 3.32. The van der Waals surface area contributed by atoms with Crippen molar-refractivity contribution < 1.29 is 9.59 Å². The molecular formula is C14H10BrN3O2. The summed E-state index contributed by atoms with van der Waals surface area (Å²) < 4.78 is 0.839. The van der Waals surface area contributed by atoms with Gasteiger partial charge in [-0.25, -0.2) is 4.98 Å². The topological polar surface area (TPSA) is 71.1 Å². The zero-order chi connectivity index (χ0) is 14.1. The molecule has 2 amide bonds. The molecule has 1 aliphatic rings. The van der Waals surface area contributed by atoms with Crippen molar-refractivity contribution in [3.63, 3.8) is 0 Å². The lowest BCUT2D eigenvalue weighted by Gasteiger charge is -2.06. The molecule has 1 aliphatic heterocycles. The third kappa shape index (κ3) is 2.55. The van der Waals surface area contributed by atoms with Crippen molar-refractivity contribution in [3.8, 4) is 0 Å². The van der Waals surface area contributed by atoms with Gasteiger partial charge in [-0.1, -0.05) is 15.9 Å². The predicted molar refractivity (Wildman–Crippen MR) is 78.7 cm³/mol. The molecule has 2 heterocycles. The molecule has 0 fully saturated rings. The quantitative estimate of drug-likeness (QED) is 0.888. The number of carbonyl (C=O) groups is 2. The van der Waals surface area contributed by atoms with E-state index in [4.69, 9.17) is 0 Å². The number of rotatable bonds is 2. The molecular weight excluding hydrogens is 322 g/mol. The van der Waals surface area contributed by atoms with Crippen LogP contribution >= 0.6 is 15.9 Å². The van der Waals surface area contributed by atoms with Crippen LogP contribution in [0.15, 0.2) is 41.0 Å². The van der Waals surface area contributed by atoms with E-state index in [2.05, 4.69) is 31.5 Å². The van der Waals surface area contributed by atoms with Crippen LogP contribution < -0.4 is 10.6 Å². The number of hydrogen-bond donors (Lipinski definition) is 2. The lowest BCUT2D eigenvalue weighted by molar-refractivity contribution is -0.115. The fourth-order valence-corrected chi connectivity index (χ4v) is 2.37. The van der Waals surface area contributed by atoms with E-state index in [0.29, 0.717) is 17.8 Å². The molecule has 2 aromatic rings. The Kier molecular flexibility index (Phi) is 3.23. The van der Waals surface area contributed by atoms with Crippen molar-refractivity contribution in [3.05, 3.63) is 52.1 Å².